The van der Waals surface area contributed by atoms with Crippen LogP contribution >= 0.6 is 0 Å². The van der Waals surface area contributed by atoms with E-state index in [2.05, 4.69) is 7.05 Å². The Balaban J connectivity index is 0.00000112. The molecule has 0 aromatic rings. The van der Waals surface area contributed by atoms with Crippen LogP contribution in [0, 0.1) is 11.8 Å². The van der Waals surface area contributed by atoms with Crippen molar-refractivity contribution in [2.75, 3.05) is 33.3 Å². The summed E-state index contributed by atoms with van der Waals surface area (Å²) in [7, 11) is 2.31. The largest absolute Gasteiger partial charge is 1.00 e. The summed E-state index contributed by atoms with van der Waals surface area (Å²) < 4.78 is 6.30. The van der Waals surface area contributed by atoms with Gasteiger partial charge in [-0.15, -0.1) is 0 Å². The Morgan fingerprint density at radius 3 is 2.73 bits per heavy atom. The molecule has 2 heterocycles. The number of esters is 1. The molecular weight excluding hydrogens is 258 g/mol. The predicted molar refractivity (Wildman–Crippen MR) is 53.6 cm³/mol. The van der Waals surface area contributed by atoms with Gasteiger partial charge in [-0.25, -0.2) is 0 Å². The van der Waals surface area contributed by atoms with Crippen molar-refractivity contribution in [2.24, 2.45) is 11.8 Å². The number of carbonyl (C=O) groups is 1. The molecule has 0 N–H and O–H groups in total. The first kappa shape index (κ1) is 13.0. The van der Waals surface area contributed by atoms with E-state index >= 15 is 0 Å². The lowest BCUT2D eigenvalue weighted by Gasteiger charge is -2.35. The van der Waals surface area contributed by atoms with Crippen molar-refractivity contribution in [2.45, 2.75) is 19.8 Å². The molecule has 0 aromatic carbocycles. The maximum Gasteiger partial charge on any atom is 0.309 e. The molecule has 15 heavy (non-hydrogen) atoms. The number of fused-ring (bicyclic) bond motifs is 2. The first-order chi connectivity index (χ1) is 6.64. The van der Waals surface area contributed by atoms with Gasteiger partial charge in [-0.3, -0.25) is 4.79 Å². The van der Waals surface area contributed by atoms with E-state index in [1.165, 1.54) is 24.0 Å². The second kappa shape index (κ2) is 4.83. The Morgan fingerprint density at radius 1 is 1.40 bits per heavy atom. The molecule has 2 fully saturated rings. The lowest BCUT2D eigenvalue weighted by molar-refractivity contribution is -0.903. The number of nitrogens with zero attached hydrogens (tertiary/aromatic N) is 1. The molecule has 2 saturated heterocycles. The monoisotopic (exact) mass is 277 g/mol. The maximum atomic E-state index is 11.7. The van der Waals surface area contributed by atoms with Crippen molar-refractivity contribution in [1.29, 1.82) is 0 Å². The average molecular weight is 278 g/mol. The van der Waals surface area contributed by atoms with Gasteiger partial charge in [0.05, 0.1) is 39.2 Å². The van der Waals surface area contributed by atoms with Crippen LogP contribution in [0.15, 0.2) is 0 Å². The number of rotatable bonds is 2. The lowest BCUT2D eigenvalue weighted by atomic mass is 9.86. The molecule has 3 atom stereocenters. The Bertz CT molecular complexity index is 247. The fourth-order valence-corrected chi connectivity index (χ4v) is 3.00. The fraction of sp³-hybridized carbons (Fsp3) is 0.909. The van der Waals surface area contributed by atoms with Gasteiger partial charge in [0.2, 0.25) is 0 Å². The normalized spacial score (nSPS) is 38.3. The molecule has 2 rings (SSSR count). The second-order valence-corrected chi connectivity index (χ2v) is 4.95. The van der Waals surface area contributed by atoms with Crippen LogP contribution in [0.4, 0.5) is 0 Å². The van der Waals surface area contributed by atoms with Crippen molar-refractivity contribution in [3.05, 3.63) is 0 Å². The minimum atomic E-state index is 0. The molecule has 3 nitrogen and oxygen atoms in total. The molecular formula is C11H20BrNO2. The van der Waals surface area contributed by atoms with Crippen LogP contribution < -0.4 is 17.0 Å². The number of ether oxygens (including phenoxy) is 1. The first-order valence-electron chi connectivity index (χ1n) is 5.65. The zero-order valence-corrected chi connectivity index (χ0v) is 11.1. The van der Waals surface area contributed by atoms with Gasteiger partial charge in [-0.1, -0.05) is 0 Å². The van der Waals surface area contributed by atoms with Crippen LogP contribution in [-0.4, -0.2) is 43.7 Å². The highest BCUT2D eigenvalue weighted by molar-refractivity contribution is 5.73. The van der Waals surface area contributed by atoms with Gasteiger partial charge < -0.3 is 26.2 Å². The maximum absolute atomic E-state index is 11.7. The molecule has 3 unspecified atom stereocenters. The third-order valence-corrected chi connectivity index (χ3v) is 3.85. The molecule has 2 bridgehead atoms. The van der Waals surface area contributed by atoms with Gasteiger partial charge in [0.15, 0.2) is 0 Å². The van der Waals surface area contributed by atoms with Gasteiger partial charge in [-0.2, -0.15) is 0 Å². The standard InChI is InChI=1S/C11H20NO2.BrH/c1-3-14-11(13)10-5-7-12(2)6-4-9(10)8-12;/h9-10H,3-8H2,1-2H3;1H/q+1;/p-1. The number of quaternary nitrogens is 1. The number of hydrogen-bond donors (Lipinski definition) is 0. The summed E-state index contributed by atoms with van der Waals surface area (Å²) in [5.41, 5.74) is 0. The van der Waals surface area contributed by atoms with Crippen LogP contribution in [0.5, 0.6) is 0 Å². The molecule has 88 valence electrons. The van der Waals surface area contributed by atoms with Crippen molar-refractivity contribution >= 4 is 5.97 Å². The number of piperidine rings is 1. The van der Waals surface area contributed by atoms with E-state index in [0.717, 1.165) is 13.0 Å². The number of carbonyl (C=O) groups excluding carboxylic acids is 1. The Morgan fingerprint density at radius 2 is 2.07 bits per heavy atom. The summed E-state index contributed by atoms with van der Waals surface area (Å²) in [6.45, 7) is 5.99. The van der Waals surface area contributed by atoms with Crippen LogP contribution in [-0.2, 0) is 9.53 Å². The Kier molecular flexibility index (Phi) is 4.18. The van der Waals surface area contributed by atoms with Crippen molar-refractivity contribution < 1.29 is 31.0 Å². The van der Waals surface area contributed by atoms with E-state index in [1.807, 2.05) is 6.92 Å². The summed E-state index contributed by atoms with van der Waals surface area (Å²) in [6, 6.07) is 0. The number of hydrogen-bond acceptors (Lipinski definition) is 2. The summed E-state index contributed by atoms with van der Waals surface area (Å²) in [6.07, 6.45) is 2.24. The van der Waals surface area contributed by atoms with Gasteiger partial charge in [-0.05, 0) is 6.92 Å². The highest BCUT2D eigenvalue weighted by Crippen LogP contribution is 2.36. The van der Waals surface area contributed by atoms with Crippen molar-refractivity contribution in [3.63, 3.8) is 0 Å². The van der Waals surface area contributed by atoms with Crippen molar-refractivity contribution in [3.8, 4) is 0 Å². The SMILES string of the molecule is CCOC(=O)C1CC[N+]2(C)CCC1C2.[Br-]. The average Bonchev–Trinajstić information content (AvgIpc) is 2.43. The molecule has 0 amide bonds. The van der Waals surface area contributed by atoms with Gasteiger partial charge in [0.25, 0.3) is 0 Å². The van der Waals surface area contributed by atoms with Gasteiger partial charge in [0.1, 0.15) is 0 Å². The van der Waals surface area contributed by atoms with E-state index in [4.69, 9.17) is 4.74 Å². The smallest absolute Gasteiger partial charge is 0.309 e. The fourth-order valence-electron chi connectivity index (χ4n) is 3.00. The third kappa shape index (κ3) is 2.53. The highest BCUT2D eigenvalue weighted by atomic mass is 79.9. The van der Waals surface area contributed by atoms with E-state index in [9.17, 15) is 4.79 Å². The molecule has 0 aromatic heterocycles. The molecule has 2 aliphatic rings. The van der Waals surface area contributed by atoms with E-state index in [0.29, 0.717) is 12.5 Å². The molecule has 2 aliphatic heterocycles. The number of halogens is 1. The van der Waals surface area contributed by atoms with Crippen LogP contribution in [0.2, 0.25) is 0 Å². The summed E-state index contributed by atoms with van der Waals surface area (Å²) >= 11 is 0. The molecule has 4 heteroatoms. The summed E-state index contributed by atoms with van der Waals surface area (Å²) in [4.78, 5) is 11.7. The first-order valence-corrected chi connectivity index (χ1v) is 5.65. The van der Waals surface area contributed by atoms with Crippen LogP contribution in [0.1, 0.15) is 19.8 Å². The van der Waals surface area contributed by atoms with Crippen LogP contribution in [0.25, 0.3) is 0 Å². The molecule has 0 aliphatic carbocycles. The van der Waals surface area contributed by atoms with Crippen LogP contribution in [0.3, 0.4) is 0 Å². The third-order valence-electron chi connectivity index (χ3n) is 3.85. The quantitative estimate of drug-likeness (QED) is 0.433. The highest BCUT2D eigenvalue weighted by Gasteiger charge is 2.46. The van der Waals surface area contributed by atoms with E-state index in [1.54, 1.807) is 0 Å². The topological polar surface area (TPSA) is 26.3 Å². The van der Waals surface area contributed by atoms with Gasteiger partial charge >= 0.3 is 5.97 Å². The predicted octanol–water partition coefficient (Wildman–Crippen LogP) is -1.96. The molecule has 0 saturated carbocycles. The zero-order chi connectivity index (χ0) is 10.2. The van der Waals surface area contributed by atoms with Gasteiger partial charge in [0, 0.05) is 18.8 Å². The Labute approximate surface area is 102 Å². The molecule has 0 radical (unpaired) electrons. The second-order valence-electron chi connectivity index (χ2n) is 4.95. The minimum absolute atomic E-state index is 0. The lowest BCUT2D eigenvalue weighted by Crippen LogP contribution is -3.00. The van der Waals surface area contributed by atoms with E-state index in [-0.39, 0.29) is 28.9 Å². The van der Waals surface area contributed by atoms with Crippen molar-refractivity contribution in [1.82, 2.24) is 0 Å². The summed E-state index contributed by atoms with van der Waals surface area (Å²) in [5.74, 6) is 0.835. The zero-order valence-electron chi connectivity index (χ0n) is 9.54. The Hall–Kier alpha value is -0.0900. The molecule has 0 spiro atoms. The minimum Gasteiger partial charge on any atom is -1.00 e. The summed E-state index contributed by atoms with van der Waals surface area (Å²) in [5, 5.41) is 0. The van der Waals surface area contributed by atoms with E-state index < -0.39 is 0 Å².